The second-order valence-electron chi connectivity index (χ2n) is 4.25. The first kappa shape index (κ1) is 12.9. The molecule has 0 bridgehead atoms. The zero-order valence-corrected chi connectivity index (χ0v) is 11.5. The molecule has 3 heterocycles. The van der Waals surface area contributed by atoms with Crippen LogP contribution >= 0.6 is 0 Å². The number of fused-ring (bicyclic) bond motifs is 1. The van der Waals surface area contributed by atoms with Gasteiger partial charge in [0.25, 0.3) is 0 Å². The van der Waals surface area contributed by atoms with Gasteiger partial charge in [-0.2, -0.15) is 0 Å². The molecule has 19 heavy (non-hydrogen) atoms. The van der Waals surface area contributed by atoms with E-state index in [1.165, 1.54) is 17.2 Å². The molecule has 1 aliphatic rings. The van der Waals surface area contributed by atoms with Crippen LogP contribution in [0.1, 0.15) is 6.23 Å². The van der Waals surface area contributed by atoms with Gasteiger partial charge in [0.1, 0.15) is 0 Å². The summed E-state index contributed by atoms with van der Waals surface area (Å²) in [4.78, 5) is 12.3. The summed E-state index contributed by atoms with van der Waals surface area (Å²) in [5.41, 5.74) is 1.08. The maximum absolute atomic E-state index is 9.98. The molecule has 3 rings (SSSR count). The normalized spacial score (nSPS) is 31.2. The number of aromatic nitrogens is 4. The Labute approximate surface area is 115 Å². The third-order valence-electron chi connectivity index (χ3n) is 3.13. The Hall–Kier alpha value is -1.09. The van der Waals surface area contributed by atoms with Crippen LogP contribution in [0.25, 0.3) is 11.2 Å². The van der Waals surface area contributed by atoms with Crippen LogP contribution in [-0.2, 0) is 4.74 Å². The molecule has 102 valence electrons. The third kappa shape index (κ3) is 1.95. The van der Waals surface area contributed by atoms with Crippen LogP contribution in [0.5, 0.6) is 0 Å². The molecule has 2 aromatic rings. The number of aliphatic hydroxyl groups excluding tert-OH is 3. The number of nitrogens with zero attached hydrogens (tertiary/aromatic N) is 4. The Morgan fingerprint density at radius 2 is 2.05 bits per heavy atom. The standard InChI is InChI=1S/C10H12N4O4Se/c15-1-4-6(16)7(17)10(18-4)14-3-13-5-8(14)11-2-12-9(5)19/h2-4,6-7,10,15-17H,1H2,(H,11,12,19)/t4-,6-,7-,10-/m1/s1. The second-order valence-corrected chi connectivity index (χ2v) is 5.14. The van der Waals surface area contributed by atoms with Crippen LogP contribution in [0.2, 0.25) is 0 Å². The average Bonchev–Trinajstić information content (AvgIpc) is 2.94. The van der Waals surface area contributed by atoms with E-state index in [0.29, 0.717) is 15.8 Å². The number of hydrogen-bond acceptors (Lipinski definition) is 7. The SMILES string of the molecule is OC[C@H]1O[C@@H](n2cnc3c([SeH])ncnc32)[C@H](O)[C@@H]1O. The molecule has 0 amide bonds. The first-order valence-corrected chi connectivity index (χ1v) is 6.56. The Bertz CT molecular complexity index is 606. The topological polar surface area (TPSA) is 114 Å². The van der Waals surface area contributed by atoms with Gasteiger partial charge in [-0.25, -0.2) is 0 Å². The van der Waals surface area contributed by atoms with Gasteiger partial charge in [-0.15, -0.1) is 0 Å². The molecule has 4 atom stereocenters. The van der Waals surface area contributed by atoms with Crippen molar-refractivity contribution in [3.63, 3.8) is 0 Å². The average molecular weight is 331 g/mol. The minimum atomic E-state index is -1.15. The van der Waals surface area contributed by atoms with Crippen molar-refractivity contribution in [3.8, 4) is 0 Å². The predicted molar refractivity (Wildman–Crippen MR) is 65.1 cm³/mol. The van der Waals surface area contributed by atoms with Crippen molar-refractivity contribution in [3.05, 3.63) is 12.7 Å². The predicted octanol–water partition coefficient (Wildman–Crippen LogP) is -3.04. The van der Waals surface area contributed by atoms with E-state index in [0.717, 1.165) is 0 Å². The van der Waals surface area contributed by atoms with Gasteiger partial charge in [0, 0.05) is 0 Å². The molecule has 9 heteroatoms. The molecule has 8 nitrogen and oxygen atoms in total. The summed E-state index contributed by atoms with van der Waals surface area (Å²) in [5, 5.41) is 28.8. The fourth-order valence-electron chi connectivity index (χ4n) is 2.14. The summed E-state index contributed by atoms with van der Waals surface area (Å²) in [5.74, 6) is 0. The monoisotopic (exact) mass is 332 g/mol. The molecule has 0 radical (unpaired) electrons. The summed E-state index contributed by atoms with van der Waals surface area (Å²) in [6, 6.07) is 0. The van der Waals surface area contributed by atoms with Crippen molar-refractivity contribution >= 4 is 31.8 Å². The molecule has 0 aliphatic carbocycles. The van der Waals surface area contributed by atoms with Gasteiger partial charge in [-0.1, -0.05) is 0 Å². The van der Waals surface area contributed by atoms with Gasteiger partial charge in [0.15, 0.2) is 0 Å². The number of ether oxygens (including phenoxy) is 1. The van der Waals surface area contributed by atoms with Crippen molar-refractivity contribution in [1.29, 1.82) is 0 Å². The third-order valence-corrected chi connectivity index (χ3v) is 3.82. The number of hydrogen-bond donors (Lipinski definition) is 3. The fourth-order valence-corrected chi connectivity index (χ4v) is 2.57. The molecule has 1 saturated heterocycles. The molecule has 0 saturated carbocycles. The van der Waals surface area contributed by atoms with Crippen molar-refractivity contribution < 1.29 is 20.1 Å². The Kier molecular flexibility index (Phi) is 3.25. The van der Waals surface area contributed by atoms with Gasteiger partial charge in [-0.05, 0) is 0 Å². The van der Waals surface area contributed by atoms with E-state index in [1.54, 1.807) is 0 Å². The van der Waals surface area contributed by atoms with Crippen LogP contribution in [0.15, 0.2) is 12.7 Å². The molecule has 3 N–H and O–H groups in total. The van der Waals surface area contributed by atoms with Gasteiger partial charge < -0.3 is 0 Å². The summed E-state index contributed by atoms with van der Waals surface area (Å²) >= 11 is 2.29. The Morgan fingerprint density at radius 3 is 2.74 bits per heavy atom. The molecule has 2 aromatic heterocycles. The second kappa shape index (κ2) is 4.78. The number of aliphatic hydroxyl groups is 3. The van der Waals surface area contributed by atoms with Gasteiger partial charge in [-0.3, -0.25) is 0 Å². The molecular formula is C10H12N4O4Se. The summed E-state index contributed by atoms with van der Waals surface area (Å²) in [6.45, 7) is -0.369. The van der Waals surface area contributed by atoms with Crippen LogP contribution in [0.4, 0.5) is 0 Å². The van der Waals surface area contributed by atoms with E-state index in [2.05, 4.69) is 31.0 Å². The number of rotatable bonds is 2. The van der Waals surface area contributed by atoms with Crippen molar-refractivity contribution in [2.24, 2.45) is 0 Å². The first-order chi connectivity index (χ1) is 9.13. The summed E-state index contributed by atoms with van der Waals surface area (Å²) < 4.78 is 7.62. The summed E-state index contributed by atoms with van der Waals surface area (Å²) in [7, 11) is 0. The Morgan fingerprint density at radius 1 is 1.26 bits per heavy atom. The van der Waals surface area contributed by atoms with E-state index < -0.39 is 24.5 Å². The van der Waals surface area contributed by atoms with Crippen LogP contribution in [0.3, 0.4) is 0 Å². The van der Waals surface area contributed by atoms with E-state index in [1.807, 2.05) is 0 Å². The van der Waals surface area contributed by atoms with Crippen molar-refractivity contribution in [1.82, 2.24) is 19.5 Å². The van der Waals surface area contributed by atoms with Gasteiger partial charge >= 0.3 is 115 Å². The molecule has 0 aromatic carbocycles. The molecule has 1 fully saturated rings. The van der Waals surface area contributed by atoms with Crippen molar-refractivity contribution in [2.75, 3.05) is 6.61 Å². The van der Waals surface area contributed by atoms with E-state index in [-0.39, 0.29) is 6.61 Å². The van der Waals surface area contributed by atoms with Gasteiger partial charge in [0.2, 0.25) is 0 Å². The van der Waals surface area contributed by atoms with Crippen LogP contribution < -0.4 is 4.59 Å². The quantitative estimate of drug-likeness (QED) is 0.502. The van der Waals surface area contributed by atoms with Gasteiger partial charge in [0.05, 0.1) is 0 Å². The molecule has 0 unspecified atom stereocenters. The first-order valence-electron chi connectivity index (χ1n) is 5.62. The zero-order chi connectivity index (χ0) is 13.6. The maximum atomic E-state index is 9.98. The Balaban J connectivity index is 2.04. The molecule has 1 aliphatic heterocycles. The molecule has 0 spiro atoms. The molecular weight excluding hydrogens is 319 g/mol. The van der Waals surface area contributed by atoms with Crippen LogP contribution in [0, 0.1) is 0 Å². The zero-order valence-electron chi connectivity index (χ0n) is 9.66. The minimum absolute atomic E-state index is 0.369. The number of imidazole rings is 1. The van der Waals surface area contributed by atoms with Crippen molar-refractivity contribution in [2.45, 2.75) is 24.5 Å². The van der Waals surface area contributed by atoms with Crippen LogP contribution in [-0.4, -0.2) is 75.8 Å². The van der Waals surface area contributed by atoms with E-state index in [4.69, 9.17) is 9.84 Å². The van der Waals surface area contributed by atoms with E-state index >= 15 is 0 Å². The summed E-state index contributed by atoms with van der Waals surface area (Å²) in [6.07, 6.45) is -1.10. The fraction of sp³-hybridized carbons (Fsp3) is 0.500. The van der Waals surface area contributed by atoms with E-state index in [9.17, 15) is 10.2 Å².